The molecule has 7 nitrogen and oxygen atoms in total. The van der Waals surface area contributed by atoms with Gasteiger partial charge in [-0.15, -0.1) is 0 Å². The molecule has 0 aliphatic carbocycles. The molecule has 0 unspecified atom stereocenters. The fourth-order valence-electron chi connectivity index (χ4n) is 2.82. The molecule has 3 aromatic rings. The number of nitrogens with one attached hydrogen (secondary N) is 1. The van der Waals surface area contributed by atoms with Crippen LogP contribution in [0.1, 0.15) is 5.56 Å². The summed E-state index contributed by atoms with van der Waals surface area (Å²) in [6.45, 7) is -0.346. The van der Waals surface area contributed by atoms with E-state index >= 15 is 0 Å². The van der Waals surface area contributed by atoms with Gasteiger partial charge in [0.1, 0.15) is 12.3 Å². The predicted molar refractivity (Wildman–Crippen MR) is 99.5 cm³/mol. The van der Waals surface area contributed by atoms with Crippen LogP contribution in [-0.4, -0.2) is 37.2 Å². The lowest BCUT2D eigenvalue weighted by atomic mass is 10.1. The molecule has 1 amide bonds. The molecule has 0 spiro atoms. The van der Waals surface area contributed by atoms with Gasteiger partial charge in [0, 0.05) is 18.0 Å². The highest BCUT2D eigenvalue weighted by atomic mass is 32.2. The van der Waals surface area contributed by atoms with Crippen LogP contribution in [0.25, 0.3) is 11.0 Å². The van der Waals surface area contributed by atoms with E-state index in [0.717, 1.165) is 18.4 Å². The zero-order valence-corrected chi connectivity index (χ0v) is 16.1. The van der Waals surface area contributed by atoms with Crippen LogP contribution in [0.2, 0.25) is 0 Å². The van der Waals surface area contributed by atoms with E-state index in [4.69, 9.17) is 4.74 Å². The van der Waals surface area contributed by atoms with E-state index in [1.54, 1.807) is 6.07 Å². The van der Waals surface area contributed by atoms with Gasteiger partial charge < -0.3 is 14.6 Å². The first kappa shape index (κ1) is 20.6. The van der Waals surface area contributed by atoms with E-state index in [-0.39, 0.29) is 28.4 Å². The van der Waals surface area contributed by atoms with Crippen molar-refractivity contribution in [2.24, 2.45) is 0 Å². The molecule has 0 atom stereocenters. The van der Waals surface area contributed by atoms with Crippen LogP contribution in [-0.2, 0) is 27.4 Å². The molecule has 3 rings (SSSR count). The summed E-state index contributed by atoms with van der Waals surface area (Å²) < 4.78 is 69.3. The first-order valence-electron chi connectivity index (χ1n) is 8.19. The number of rotatable bonds is 5. The third kappa shape index (κ3) is 4.50. The third-order valence-electron chi connectivity index (χ3n) is 4.07. The van der Waals surface area contributed by atoms with E-state index < -0.39 is 27.5 Å². The normalized spacial score (nSPS) is 12.2. The van der Waals surface area contributed by atoms with Crippen molar-refractivity contribution < 1.29 is 31.1 Å². The number of para-hydroxylation sites is 1. The summed E-state index contributed by atoms with van der Waals surface area (Å²) in [7, 11) is -2.37. The van der Waals surface area contributed by atoms with Gasteiger partial charge in [-0.2, -0.15) is 13.2 Å². The quantitative estimate of drug-likeness (QED) is 0.676. The minimum absolute atomic E-state index is 0.000961. The number of hydrogen-bond donors (Lipinski definition) is 1. The molecule has 0 radical (unpaired) electrons. The average Bonchev–Trinajstić information content (AvgIpc) is 3.02. The third-order valence-corrected chi connectivity index (χ3v) is 5.20. The van der Waals surface area contributed by atoms with E-state index in [1.807, 2.05) is 0 Å². The van der Waals surface area contributed by atoms with Gasteiger partial charge in [0.05, 0.1) is 34.9 Å². The molecule has 1 aromatic heterocycles. The second-order valence-electron chi connectivity index (χ2n) is 6.26. The minimum Gasteiger partial charge on any atom is -0.497 e. The highest BCUT2D eigenvalue weighted by Gasteiger charge is 2.31. The Morgan fingerprint density at radius 1 is 1.24 bits per heavy atom. The van der Waals surface area contributed by atoms with Crippen LogP contribution in [0, 0.1) is 0 Å². The van der Waals surface area contributed by atoms with Crippen molar-refractivity contribution in [1.29, 1.82) is 0 Å². The summed E-state index contributed by atoms with van der Waals surface area (Å²) >= 11 is 0. The number of alkyl halides is 3. The highest BCUT2D eigenvalue weighted by Crippen LogP contribution is 2.34. The average molecular weight is 427 g/mol. The predicted octanol–water partition coefficient (Wildman–Crippen LogP) is 3.11. The van der Waals surface area contributed by atoms with Crippen molar-refractivity contribution in [2.45, 2.75) is 17.6 Å². The number of anilines is 1. The Kier molecular flexibility index (Phi) is 5.26. The molecular weight excluding hydrogens is 411 g/mol. The van der Waals surface area contributed by atoms with Crippen molar-refractivity contribution in [1.82, 2.24) is 9.55 Å². The van der Waals surface area contributed by atoms with E-state index in [9.17, 15) is 26.4 Å². The number of amides is 1. The lowest BCUT2D eigenvalue weighted by Gasteiger charge is -2.13. The van der Waals surface area contributed by atoms with E-state index in [0.29, 0.717) is 5.52 Å². The number of benzene rings is 2. The largest absolute Gasteiger partial charge is 0.497 e. The van der Waals surface area contributed by atoms with Crippen molar-refractivity contribution in [3.8, 4) is 5.75 Å². The Labute approximate surface area is 164 Å². The number of sulfone groups is 1. The fraction of sp³-hybridized carbons (Fsp3) is 0.222. The Hall–Kier alpha value is -3.08. The van der Waals surface area contributed by atoms with Gasteiger partial charge in [-0.05, 0) is 24.3 Å². The number of ether oxygens (including phenoxy) is 1. The molecule has 0 aliphatic rings. The highest BCUT2D eigenvalue weighted by molar-refractivity contribution is 7.91. The summed E-state index contributed by atoms with van der Waals surface area (Å²) in [6, 6.07) is 7.37. The van der Waals surface area contributed by atoms with Gasteiger partial charge in [0.25, 0.3) is 0 Å². The number of fused-ring (bicyclic) bond motifs is 1. The van der Waals surface area contributed by atoms with Crippen LogP contribution in [0.15, 0.2) is 47.6 Å². The van der Waals surface area contributed by atoms with Gasteiger partial charge >= 0.3 is 6.18 Å². The first-order valence-corrected chi connectivity index (χ1v) is 10.1. The number of hydrogen-bond acceptors (Lipinski definition) is 5. The first-order chi connectivity index (χ1) is 13.5. The lowest BCUT2D eigenvalue weighted by Crippen LogP contribution is -2.19. The number of carbonyl (C=O) groups is 1. The molecule has 0 aliphatic heterocycles. The smallest absolute Gasteiger partial charge is 0.416 e. The van der Waals surface area contributed by atoms with Crippen LogP contribution >= 0.6 is 0 Å². The van der Waals surface area contributed by atoms with E-state index in [1.165, 1.54) is 36.2 Å². The zero-order valence-electron chi connectivity index (χ0n) is 15.3. The maximum absolute atomic E-state index is 13.0. The van der Waals surface area contributed by atoms with Gasteiger partial charge in [0.15, 0.2) is 9.84 Å². The minimum atomic E-state index is -4.61. The number of imidazole rings is 1. The van der Waals surface area contributed by atoms with Gasteiger partial charge in [-0.1, -0.05) is 6.07 Å². The monoisotopic (exact) mass is 427 g/mol. The molecule has 0 saturated carbocycles. The summed E-state index contributed by atoms with van der Waals surface area (Å²) in [4.78, 5) is 16.5. The summed E-state index contributed by atoms with van der Waals surface area (Å²) in [5.41, 5.74) is -0.456. The Morgan fingerprint density at radius 3 is 2.59 bits per heavy atom. The molecule has 0 bridgehead atoms. The van der Waals surface area contributed by atoms with Crippen molar-refractivity contribution in [3.05, 3.63) is 48.3 Å². The molecule has 0 saturated heterocycles. The standard InChI is InChI=1S/C18H16F3N3O4S/c1-28-13-7-11(18(19,20)21)6-12(8-13)23-16(25)9-24-10-22-14-4-3-5-15(17(14)24)29(2,26)27/h3-8,10H,9H2,1-2H3,(H,23,25). The number of carbonyl (C=O) groups excluding carboxylic acids is 1. The molecule has 0 fully saturated rings. The van der Waals surface area contributed by atoms with E-state index in [2.05, 4.69) is 10.3 Å². The van der Waals surface area contributed by atoms with Crippen LogP contribution in [0.4, 0.5) is 18.9 Å². The molecule has 29 heavy (non-hydrogen) atoms. The summed E-state index contributed by atoms with van der Waals surface area (Å²) in [5.74, 6) is -0.725. The molecular formula is C18H16F3N3O4S. The van der Waals surface area contributed by atoms with Gasteiger partial charge in [-0.3, -0.25) is 4.79 Å². The molecule has 154 valence electrons. The maximum atomic E-state index is 13.0. The number of methoxy groups -OCH3 is 1. The lowest BCUT2D eigenvalue weighted by molar-refractivity contribution is -0.137. The topological polar surface area (TPSA) is 90.3 Å². The molecule has 11 heteroatoms. The van der Waals surface area contributed by atoms with Crippen molar-refractivity contribution in [2.75, 3.05) is 18.7 Å². The fourth-order valence-corrected chi connectivity index (χ4v) is 3.72. The number of aromatic nitrogens is 2. The van der Waals surface area contributed by atoms with Crippen LogP contribution < -0.4 is 10.1 Å². The molecule has 1 N–H and O–H groups in total. The Morgan fingerprint density at radius 2 is 1.97 bits per heavy atom. The van der Waals surface area contributed by atoms with Gasteiger partial charge in [-0.25, -0.2) is 13.4 Å². The molecule has 2 aromatic carbocycles. The SMILES string of the molecule is COc1cc(NC(=O)Cn2cnc3cccc(S(C)(=O)=O)c32)cc(C(F)(F)F)c1. The molecule has 1 heterocycles. The Balaban J connectivity index is 1.91. The van der Waals surface area contributed by atoms with Gasteiger partial charge in [0.2, 0.25) is 5.91 Å². The Bertz CT molecular complexity index is 1190. The second kappa shape index (κ2) is 7.39. The van der Waals surface area contributed by atoms with Crippen molar-refractivity contribution >= 4 is 32.5 Å². The summed E-state index contributed by atoms with van der Waals surface area (Å²) in [5, 5.41) is 2.37. The second-order valence-corrected chi connectivity index (χ2v) is 8.25. The van der Waals surface area contributed by atoms with Crippen LogP contribution in [0.3, 0.4) is 0 Å². The van der Waals surface area contributed by atoms with Crippen molar-refractivity contribution in [3.63, 3.8) is 0 Å². The number of nitrogens with zero attached hydrogens (tertiary/aromatic N) is 2. The van der Waals surface area contributed by atoms with Crippen LogP contribution in [0.5, 0.6) is 5.75 Å². The maximum Gasteiger partial charge on any atom is 0.416 e. The number of halogens is 3. The zero-order chi connectivity index (χ0) is 21.4. The summed E-state index contributed by atoms with van der Waals surface area (Å²) in [6.07, 6.45) is -2.28.